The van der Waals surface area contributed by atoms with Gasteiger partial charge in [0.2, 0.25) is 10.0 Å². The third-order valence-electron chi connectivity index (χ3n) is 4.00. The van der Waals surface area contributed by atoms with Gasteiger partial charge < -0.3 is 5.32 Å². The maximum Gasteiger partial charge on any atom is 0.250 e. The van der Waals surface area contributed by atoms with Gasteiger partial charge in [0.05, 0.1) is 0 Å². The maximum absolute atomic E-state index is 12.3. The molecule has 1 aromatic heterocycles. The molecule has 6 heteroatoms. The minimum Gasteiger partial charge on any atom is -0.314 e. The van der Waals surface area contributed by atoms with E-state index < -0.39 is 10.0 Å². The largest absolute Gasteiger partial charge is 0.314 e. The highest BCUT2D eigenvalue weighted by Crippen LogP contribution is 2.23. The minimum absolute atomic E-state index is 0.418. The van der Waals surface area contributed by atoms with E-state index in [4.69, 9.17) is 0 Å². The summed E-state index contributed by atoms with van der Waals surface area (Å²) in [6.07, 6.45) is 5.47. The van der Waals surface area contributed by atoms with Gasteiger partial charge in [-0.15, -0.1) is 11.3 Å². The minimum atomic E-state index is -3.34. The smallest absolute Gasteiger partial charge is 0.250 e. The molecule has 1 aliphatic carbocycles. The van der Waals surface area contributed by atoms with Crippen LogP contribution < -0.4 is 10.0 Å². The molecule has 0 spiro atoms. The molecule has 0 radical (unpaired) electrons. The average molecular weight is 331 g/mol. The number of sulfonamides is 1. The van der Waals surface area contributed by atoms with Gasteiger partial charge in [0.15, 0.2) is 0 Å². The van der Waals surface area contributed by atoms with Gasteiger partial charge in [0.25, 0.3) is 0 Å². The zero-order chi connectivity index (χ0) is 15.3. The number of hydrogen-bond acceptors (Lipinski definition) is 4. The lowest BCUT2D eigenvalue weighted by atomic mass is 10.0. The number of thiophene rings is 1. The molecule has 0 amide bonds. The van der Waals surface area contributed by atoms with Crippen LogP contribution in [0.15, 0.2) is 16.3 Å². The molecular formula is C15H26N2O2S2. The van der Waals surface area contributed by atoms with E-state index in [-0.39, 0.29) is 0 Å². The summed E-state index contributed by atoms with van der Waals surface area (Å²) < 4.78 is 27.7. The van der Waals surface area contributed by atoms with Gasteiger partial charge in [-0.1, -0.05) is 26.7 Å². The standard InChI is InChI=1S/C15H26N2O2S2/c1-3-12(4-2)11-17-21(18,19)15-8-7-14(20-15)9-10-16-13-5-6-13/h7-8,12-13,16-17H,3-6,9-11H2,1-2H3. The van der Waals surface area contributed by atoms with Gasteiger partial charge in [0, 0.05) is 24.0 Å². The van der Waals surface area contributed by atoms with Crippen LogP contribution in [0.3, 0.4) is 0 Å². The first kappa shape index (κ1) is 16.9. The molecule has 0 atom stereocenters. The highest BCUT2D eigenvalue weighted by atomic mass is 32.2. The second kappa shape index (κ2) is 7.72. The Morgan fingerprint density at radius 3 is 2.62 bits per heavy atom. The maximum atomic E-state index is 12.3. The Hall–Kier alpha value is -0.430. The van der Waals surface area contributed by atoms with Crippen molar-refractivity contribution in [3.63, 3.8) is 0 Å². The van der Waals surface area contributed by atoms with Crippen molar-refractivity contribution in [1.82, 2.24) is 10.0 Å². The Balaban J connectivity index is 1.85. The Bertz CT molecular complexity index is 532. The first-order valence-electron chi connectivity index (χ1n) is 7.87. The lowest BCUT2D eigenvalue weighted by molar-refractivity contribution is 0.479. The fourth-order valence-corrected chi connectivity index (χ4v) is 4.72. The summed E-state index contributed by atoms with van der Waals surface area (Å²) in [5.74, 6) is 0.418. The molecule has 1 heterocycles. The quantitative estimate of drug-likeness (QED) is 0.693. The monoisotopic (exact) mass is 330 g/mol. The molecular weight excluding hydrogens is 304 g/mol. The molecule has 0 bridgehead atoms. The lowest BCUT2D eigenvalue weighted by Gasteiger charge is -2.12. The van der Waals surface area contributed by atoms with Crippen LogP contribution in [0.4, 0.5) is 0 Å². The number of rotatable bonds is 10. The summed E-state index contributed by atoms with van der Waals surface area (Å²) in [6.45, 7) is 5.66. The molecule has 2 N–H and O–H groups in total. The van der Waals surface area contributed by atoms with Crippen LogP contribution >= 0.6 is 11.3 Å². The Morgan fingerprint density at radius 1 is 1.29 bits per heavy atom. The van der Waals surface area contributed by atoms with Gasteiger partial charge in [0.1, 0.15) is 4.21 Å². The van der Waals surface area contributed by atoms with Gasteiger partial charge in [-0.25, -0.2) is 13.1 Å². The summed E-state index contributed by atoms with van der Waals surface area (Å²) in [5, 5.41) is 3.45. The average Bonchev–Trinajstić information content (AvgIpc) is 3.15. The van der Waals surface area contributed by atoms with E-state index in [0.717, 1.165) is 30.7 Å². The summed E-state index contributed by atoms with van der Waals surface area (Å²) >= 11 is 1.39. The van der Waals surface area contributed by atoms with E-state index >= 15 is 0 Å². The van der Waals surface area contributed by atoms with Crippen LogP contribution in [-0.4, -0.2) is 27.5 Å². The first-order chi connectivity index (χ1) is 10.0. The van der Waals surface area contributed by atoms with Gasteiger partial charge >= 0.3 is 0 Å². The fraction of sp³-hybridized carbons (Fsp3) is 0.733. The van der Waals surface area contributed by atoms with Crippen LogP contribution in [-0.2, 0) is 16.4 Å². The number of nitrogens with one attached hydrogen (secondary N) is 2. The summed E-state index contributed by atoms with van der Waals surface area (Å²) in [4.78, 5) is 1.13. The third kappa shape index (κ3) is 5.36. The molecule has 1 saturated carbocycles. The van der Waals surface area contributed by atoms with Crippen LogP contribution in [0.1, 0.15) is 44.4 Å². The van der Waals surface area contributed by atoms with Crippen LogP contribution in [0.25, 0.3) is 0 Å². The summed E-state index contributed by atoms with van der Waals surface area (Å²) in [6, 6.07) is 4.37. The van der Waals surface area contributed by atoms with E-state index in [1.165, 1.54) is 24.2 Å². The lowest BCUT2D eigenvalue weighted by Crippen LogP contribution is -2.28. The van der Waals surface area contributed by atoms with Crippen molar-refractivity contribution in [1.29, 1.82) is 0 Å². The van der Waals surface area contributed by atoms with Crippen molar-refractivity contribution < 1.29 is 8.42 Å². The van der Waals surface area contributed by atoms with E-state index in [1.807, 2.05) is 6.07 Å². The van der Waals surface area contributed by atoms with Crippen molar-refractivity contribution in [3.05, 3.63) is 17.0 Å². The van der Waals surface area contributed by atoms with Crippen molar-refractivity contribution in [2.45, 2.75) is 56.2 Å². The molecule has 2 rings (SSSR count). The molecule has 1 aromatic rings. The Labute approximate surface area is 132 Å². The van der Waals surface area contributed by atoms with E-state index in [9.17, 15) is 8.42 Å². The van der Waals surface area contributed by atoms with Crippen molar-refractivity contribution in [2.24, 2.45) is 5.92 Å². The topological polar surface area (TPSA) is 58.2 Å². The van der Waals surface area contributed by atoms with Crippen molar-refractivity contribution >= 4 is 21.4 Å². The van der Waals surface area contributed by atoms with Crippen LogP contribution in [0.2, 0.25) is 0 Å². The molecule has 0 aliphatic heterocycles. The molecule has 21 heavy (non-hydrogen) atoms. The second-order valence-corrected chi connectivity index (χ2v) is 8.90. The molecule has 1 fully saturated rings. The molecule has 1 aliphatic rings. The fourth-order valence-electron chi connectivity index (χ4n) is 2.20. The SMILES string of the molecule is CCC(CC)CNS(=O)(=O)c1ccc(CCNC2CC2)s1. The van der Waals surface area contributed by atoms with Crippen molar-refractivity contribution in [2.75, 3.05) is 13.1 Å². The highest BCUT2D eigenvalue weighted by molar-refractivity contribution is 7.91. The first-order valence-corrected chi connectivity index (χ1v) is 10.2. The Kier molecular flexibility index (Phi) is 6.22. The van der Waals surface area contributed by atoms with Gasteiger partial charge in [-0.05, 0) is 37.3 Å². The van der Waals surface area contributed by atoms with Crippen molar-refractivity contribution in [3.8, 4) is 0 Å². The molecule has 0 aromatic carbocycles. The zero-order valence-electron chi connectivity index (χ0n) is 12.9. The molecule has 0 unspecified atom stereocenters. The summed E-state index contributed by atoms with van der Waals surface area (Å²) in [5.41, 5.74) is 0. The number of hydrogen-bond donors (Lipinski definition) is 2. The zero-order valence-corrected chi connectivity index (χ0v) is 14.5. The Morgan fingerprint density at radius 2 is 2.00 bits per heavy atom. The van der Waals surface area contributed by atoms with E-state index in [2.05, 4.69) is 23.9 Å². The van der Waals surface area contributed by atoms with Gasteiger partial charge in [-0.2, -0.15) is 0 Å². The highest BCUT2D eigenvalue weighted by Gasteiger charge is 2.20. The molecule has 0 saturated heterocycles. The van der Waals surface area contributed by atoms with E-state index in [0.29, 0.717) is 22.7 Å². The van der Waals surface area contributed by atoms with E-state index in [1.54, 1.807) is 6.07 Å². The predicted molar refractivity (Wildman–Crippen MR) is 88.3 cm³/mol. The molecule has 120 valence electrons. The third-order valence-corrected chi connectivity index (χ3v) is 7.06. The molecule has 4 nitrogen and oxygen atoms in total. The van der Waals surface area contributed by atoms with Crippen LogP contribution in [0.5, 0.6) is 0 Å². The normalized spacial score (nSPS) is 15.8. The summed E-state index contributed by atoms with van der Waals surface area (Å²) in [7, 11) is -3.34. The van der Waals surface area contributed by atoms with Gasteiger partial charge in [-0.3, -0.25) is 0 Å². The second-order valence-electron chi connectivity index (χ2n) is 5.73. The van der Waals surface area contributed by atoms with Crippen LogP contribution in [0, 0.1) is 5.92 Å². The predicted octanol–water partition coefficient (Wildman–Crippen LogP) is 2.76.